The predicted molar refractivity (Wildman–Crippen MR) is 73.5 cm³/mol. The Morgan fingerprint density at radius 2 is 2.00 bits per heavy atom. The second-order valence-electron chi connectivity index (χ2n) is 6.32. The summed E-state index contributed by atoms with van der Waals surface area (Å²) < 4.78 is 11.1. The van der Waals surface area contributed by atoms with Crippen molar-refractivity contribution in [3.8, 4) is 5.75 Å². The van der Waals surface area contributed by atoms with Gasteiger partial charge in [-0.3, -0.25) is 0 Å². The highest BCUT2D eigenvalue weighted by atomic mass is 16.5. The maximum atomic E-state index is 10.6. The molecule has 0 aromatic heterocycles. The number of benzene rings is 1. The topological polar surface area (TPSA) is 38.7 Å². The molecule has 1 fully saturated rings. The van der Waals surface area contributed by atoms with E-state index in [0.29, 0.717) is 5.92 Å². The first-order valence-corrected chi connectivity index (χ1v) is 7.11. The third-order valence-electron chi connectivity index (χ3n) is 4.38. The largest absolute Gasteiger partial charge is 0.492 e. The normalized spacial score (nSPS) is 23.7. The molecule has 104 valence electrons. The molecule has 2 aliphatic rings. The molecule has 3 rings (SSSR count). The van der Waals surface area contributed by atoms with Gasteiger partial charge in [-0.1, -0.05) is 19.9 Å². The Balaban J connectivity index is 1.85. The van der Waals surface area contributed by atoms with Gasteiger partial charge >= 0.3 is 0 Å². The van der Waals surface area contributed by atoms with Gasteiger partial charge in [0, 0.05) is 24.2 Å². The molecule has 0 amide bonds. The average molecular weight is 262 g/mol. The molecule has 1 saturated heterocycles. The Labute approximate surface area is 114 Å². The van der Waals surface area contributed by atoms with Gasteiger partial charge in [0.2, 0.25) is 0 Å². The fourth-order valence-corrected chi connectivity index (χ4v) is 3.03. The lowest BCUT2D eigenvalue weighted by molar-refractivity contribution is 0.00715. The van der Waals surface area contributed by atoms with E-state index < -0.39 is 0 Å². The lowest BCUT2D eigenvalue weighted by Gasteiger charge is -2.27. The van der Waals surface area contributed by atoms with Crippen LogP contribution in [0.5, 0.6) is 5.75 Å². The van der Waals surface area contributed by atoms with Gasteiger partial charge in [-0.25, -0.2) is 0 Å². The van der Waals surface area contributed by atoms with Gasteiger partial charge in [0.15, 0.2) is 0 Å². The van der Waals surface area contributed by atoms with Crippen molar-refractivity contribution in [2.45, 2.75) is 38.2 Å². The molecule has 19 heavy (non-hydrogen) atoms. The minimum Gasteiger partial charge on any atom is -0.492 e. The van der Waals surface area contributed by atoms with Crippen LogP contribution in [0, 0.1) is 5.92 Å². The minimum absolute atomic E-state index is 0.0424. The Hall–Kier alpha value is -1.06. The van der Waals surface area contributed by atoms with E-state index in [4.69, 9.17) is 9.47 Å². The summed E-state index contributed by atoms with van der Waals surface area (Å²) in [6, 6.07) is 6.13. The van der Waals surface area contributed by atoms with Crippen LogP contribution in [0.15, 0.2) is 18.2 Å². The fourth-order valence-electron chi connectivity index (χ4n) is 3.03. The summed E-state index contributed by atoms with van der Waals surface area (Å²) >= 11 is 0. The molecule has 1 aromatic carbocycles. The zero-order valence-electron chi connectivity index (χ0n) is 11.7. The fraction of sp³-hybridized carbons (Fsp3) is 0.625. The molecule has 1 atom stereocenters. The van der Waals surface area contributed by atoms with Crippen molar-refractivity contribution < 1.29 is 14.6 Å². The molecule has 3 heteroatoms. The third-order valence-corrected chi connectivity index (χ3v) is 4.38. The van der Waals surface area contributed by atoms with Crippen molar-refractivity contribution in [1.29, 1.82) is 0 Å². The van der Waals surface area contributed by atoms with Gasteiger partial charge in [-0.15, -0.1) is 0 Å². The highest BCUT2D eigenvalue weighted by Crippen LogP contribution is 2.41. The molecular formula is C16H22O3. The Morgan fingerprint density at radius 3 is 2.74 bits per heavy atom. The number of ether oxygens (including phenoxy) is 2. The van der Waals surface area contributed by atoms with E-state index in [-0.39, 0.29) is 11.5 Å². The van der Waals surface area contributed by atoms with Gasteiger partial charge in [-0.05, 0) is 36.5 Å². The molecule has 1 aromatic rings. The molecule has 3 nitrogen and oxygen atoms in total. The van der Waals surface area contributed by atoms with Gasteiger partial charge in [-0.2, -0.15) is 0 Å². The smallest absolute Gasteiger partial charge is 0.123 e. The first-order valence-electron chi connectivity index (χ1n) is 7.11. The minimum atomic E-state index is -0.384. The van der Waals surface area contributed by atoms with Crippen molar-refractivity contribution >= 4 is 0 Å². The number of rotatable bonds is 2. The van der Waals surface area contributed by atoms with Gasteiger partial charge in [0.05, 0.1) is 12.7 Å². The molecule has 0 saturated carbocycles. The lowest BCUT2D eigenvalue weighted by Crippen LogP contribution is -2.22. The standard InChI is InChI=1S/C16H22O3/c1-16(2)10-19-14-4-3-12(9-13(14)16)15(17)11-5-7-18-8-6-11/h3-4,9,11,15,17H,5-8,10H2,1-2H3. The Morgan fingerprint density at radius 1 is 1.26 bits per heavy atom. The zero-order chi connectivity index (χ0) is 13.5. The van der Waals surface area contributed by atoms with Crippen molar-refractivity contribution in [2.75, 3.05) is 19.8 Å². The maximum Gasteiger partial charge on any atom is 0.123 e. The van der Waals surface area contributed by atoms with Crippen molar-refractivity contribution in [1.82, 2.24) is 0 Å². The summed E-state index contributed by atoms with van der Waals surface area (Å²) in [6.45, 7) is 6.62. The molecule has 0 bridgehead atoms. The first kappa shape index (κ1) is 12.9. The second kappa shape index (κ2) is 4.80. The molecule has 2 aliphatic heterocycles. The van der Waals surface area contributed by atoms with Gasteiger partial charge in [0.25, 0.3) is 0 Å². The zero-order valence-corrected chi connectivity index (χ0v) is 11.7. The Bertz CT molecular complexity index is 461. The van der Waals surface area contributed by atoms with Crippen LogP contribution in [0.4, 0.5) is 0 Å². The molecule has 0 aliphatic carbocycles. The monoisotopic (exact) mass is 262 g/mol. The van der Waals surface area contributed by atoms with Crippen LogP contribution in [0.1, 0.15) is 43.9 Å². The van der Waals surface area contributed by atoms with Crippen LogP contribution in [0.3, 0.4) is 0 Å². The first-order chi connectivity index (χ1) is 9.08. The van der Waals surface area contributed by atoms with E-state index in [1.54, 1.807) is 0 Å². The van der Waals surface area contributed by atoms with Crippen LogP contribution in [0.2, 0.25) is 0 Å². The van der Waals surface area contributed by atoms with E-state index in [0.717, 1.165) is 44.0 Å². The van der Waals surface area contributed by atoms with Crippen molar-refractivity contribution in [3.63, 3.8) is 0 Å². The van der Waals surface area contributed by atoms with E-state index in [1.807, 2.05) is 12.1 Å². The molecular weight excluding hydrogens is 240 g/mol. The summed E-state index contributed by atoms with van der Waals surface area (Å²) in [5, 5.41) is 10.6. The summed E-state index contributed by atoms with van der Waals surface area (Å²) in [7, 11) is 0. The van der Waals surface area contributed by atoms with Crippen molar-refractivity contribution in [3.05, 3.63) is 29.3 Å². The van der Waals surface area contributed by atoms with Crippen LogP contribution in [0.25, 0.3) is 0 Å². The molecule has 1 N–H and O–H groups in total. The SMILES string of the molecule is CC1(C)COc2ccc(C(O)C3CCOCC3)cc21. The molecule has 2 heterocycles. The van der Waals surface area contributed by atoms with Gasteiger partial charge < -0.3 is 14.6 Å². The van der Waals surface area contributed by atoms with Crippen LogP contribution in [-0.4, -0.2) is 24.9 Å². The summed E-state index contributed by atoms with van der Waals surface area (Å²) in [4.78, 5) is 0. The Kier molecular flexibility index (Phi) is 3.27. The average Bonchev–Trinajstić information content (AvgIpc) is 2.74. The van der Waals surface area contributed by atoms with E-state index in [2.05, 4.69) is 19.9 Å². The number of aliphatic hydroxyl groups is 1. The second-order valence-corrected chi connectivity index (χ2v) is 6.32. The van der Waals surface area contributed by atoms with Crippen LogP contribution < -0.4 is 4.74 Å². The summed E-state index contributed by atoms with van der Waals surface area (Å²) in [6.07, 6.45) is 1.50. The van der Waals surface area contributed by atoms with E-state index >= 15 is 0 Å². The molecule has 0 spiro atoms. The van der Waals surface area contributed by atoms with Crippen molar-refractivity contribution in [2.24, 2.45) is 5.92 Å². The number of hydrogen-bond donors (Lipinski definition) is 1. The predicted octanol–water partition coefficient (Wildman–Crippen LogP) is 2.82. The van der Waals surface area contributed by atoms with E-state index in [9.17, 15) is 5.11 Å². The lowest BCUT2D eigenvalue weighted by atomic mass is 9.83. The maximum absolute atomic E-state index is 10.6. The third kappa shape index (κ3) is 2.37. The molecule has 0 radical (unpaired) electrons. The number of aliphatic hydroxyl groups excluding tert-OH is 1. The quantitative estimate of drug-likeness (QED) is 0.890. The highest BCUT2D eigenvalue weighted by molar-refractivity contribution is 5.45. The highest BCUT2D eigenvalue weighted by Gasteiger charge is 2.33. The van der Waals surface area contributed by atoms with Gasteiger partial charge in [0.1, 0.15) is 5.75 Å². The number of hydrogen-bond acceptors (Lipinski definition) is 3. The number of fused-ring (bicyclic) bond motifs is 1. The molecule has 1 unspecified atom stereocenters. The van der Waals surface area contributed by atoms with E-state index in [1.165, 1.54) is 5.56 Å². The van der Waals surface area contributed by atoms with Crippen LogP contribution >= 0.6 is 0 Å². The summed E-state index contributed by atoms with van der Waals surface area (Å²) in [5.41, 5.74) is 2.28. The summed E-state index contributed by atoms with van der Waals surface area (Å²) in [5.74, 6) is 1.28. The van der Waals surface area contributed by atoms with Crippen LogP contribution in [-0.2, 0) is 10.2 Å².